The molecule has 178 valence electrons. The number of nitrogens with zero attached hydrogens (tertiary/aromatic N) is 2. The van der Waals surface area contributed by atoms with Crippen LogP contribution >= 0.6 is 0 Å². The third-order valence-electron chi connectivity index (χ3n) is 7.27. The molecule has 0 N–H and O–H groups in total. The number of ketones is 1. The van der Waals surface area contributed by atoms with Crippen molar-refractivity contribution in [2.75, 3.05) is 33.4 Å². The summed E-state index contributed by atoms with van der Waals surface area (Å²) in [5.74, 6) is 0.312. The van der Waals surface area contributed by atoms with E-state index in [0.717, 1.165) is 54.9 Å². The highest BCUT2D eigenvalue weighted by molar-refractivity contribution is 6.06. The molecule has 2 aromatic rings. The largest absolute Gasteiger partial charge is 0.491 e. The lowest BCUT2D eigenvalue weighted by Crippen LogP contribution is -2.36. The van der Waals surface area contributed by atoms with Crippen LogP contribution in [0.1, 0.15) is 52.2 Å². The van der Waals surface area contributed by atoms with Crippen molar-refractivity contribution in [3.05, 3.63) is 64.7 Å². The zero-order chi connectivity index (χ0) is 23.7. The topological polar surface area (TPSA) is 76.2 Å². The number of fused-ring (bicyclic) bond motifs is 2. The fourth-order valence-electron chi connectivity index (χ4n) is 5.39. The molecule has 0 saturated carbocycles. The average Bonchev–Trinajstić information content (AvgIpc) is 3.06. The van der Waals surface area contributed by atoms with Gasteiger partial charge in [-0.05, 0) is 49.2 Å². The number of ether oxygens (including phenoxy) is 2. The zero-order valence-corrected chi connectivity index (χ0v) is 19.5. The summed E-state index contributed by atoms with van der Waals surface area (Å²) >= 11 is 0. The molecule has 1 unspecified atom stereocenters. The van der Waals surface area contributed by atoms with Gasteiger partial charge in [-0.1, -0.05) is 30.3 Å². The number of benzene rings is 2. The molecular weight excluding hydrogens is 432 g/mol. The first kappa shape index (κ1) is 22.6. The number of hydrogen-bond acceptors (Lipinski definition) is 6. The number of likely N-dealkylation sites (tertiary alicyclic amines) is 1. The Hall–Kier alpha value is -3.19. The monoisotopic (exact) mass is 462 g/mol. The molecule has 0 spiro atoms. The molecule has 0 bridgehead atoms. The molecule has 2 heterocycles. The predicted octanol–water partition coefficient (Wildman–Crippen LogP) is 3.16. The molecule has 1 saturated heterocycles. The van der Waals surface area contributed by atoms with Gasteiger partial charge in [-0.3, -0.25) is 19.3 Å². The number of carbonyl (C=O) groups is 3. The molecular formula is C27H30N2O5. The third-order valence-corrected chi connectivity index (χ3v) is 7.27. The van der Waals surface area contributed by atoms with Crippen molar-refractivity contribution >= 4 is 17.7 Å². The van der Waals surface area contributed by atoms with Crippen molar-refractivity contribution in [2.24, 2.45) is 5.92 Å². The van der Waals surface area contributed by atoms with Crippen LogP contribution in [0.25, 0.3) is 0 Å². The molecule has 2 aromatic carbocycles. The highest BCUT2D eigenvalue weighted by atomic mass is 16.5. The van der Waals surface area contributed by atoms with Crippen LogP contribution in [0.5, 0.6) is 5.75 Å². The number of amides is 1. The van der Waals surface area contributed by atoms with Gasteiger partial charge in [-0.15, -0.1) is 0 Å². The van der Waals surface area contributed by atoms with E-state index in [1.165, 1.54) is 7.11 Å². The van der Waals surface area contributed by atoms with Gasteiger partial charge < -0.3 is 14.4 Å². The molecule has 34 heavy (non-hydrogen) atoms. The number of methoxy groups -OCH3 is 1. The SMILES string of the molecule is COC(=O)C1CCN(Cc2ccc3c(c2)CN(C(=O)C2CC(=O)c4ccccc42)CCO3)CC1. The van der Waals surface area contributed by atoms with Gasteiger partial charge in [0.15, 0.2) is 5.78 Å². The van der Waals surface area contributed by atoms with Crippen LogP contribution in [-0.4, -0.2) is 60.8 Å². The first-order chi connectivity index (χ1) is 16.5. The molecule has 1 fully saturated rings. The average molecular weight is 463 g/mol. The third kappa shape index (κ3) is 4.44. The van der Waals surface area contributed by atoms with Crippen molar-refractivity contribution in [1.82, 2.24) is 9.80 Å². The number of carbonyl (C=O) groups excluding carboxylic acids is 3. The fraction of sp³-hybridized carbons (Fsp3) is 0.444. The lowest BCUT2D eigenvalue weighted by atomic mass is 9.96. The van der Waals surface area contributed by atoms with Crippen LogP contribution in [-0.2, 0) is 27.4 Å². The van der Waals surface area contributed by atoms with Crippen LogP contribution < -0.4 is 4.74 Å². The van der Waals surface area contributed by atoms with E-state index in [1.54, 1.807) is 0 Å². The van der Waals surface area contributed by atoms with E-state index in [2.05, 4.69) is 17.0 Å². The first-order valence-electron chi connectivity index (χ1n) is 12.0. The maximum Gasteiger partial charge on any atom is 0.308 e. The van der Waals surface area contributed by atoms with Crippen LogP contribution in [0.4, 0.5) is 0 Å². The highest BCUT2D eigenvalue weighted by Gasteiger charge is 2.37. The van der Waals surface area contributed by atoms with Gasteiger partial charge in [-0.2, -0.15) is 0 Å². The van der Waals surface area contributed by atoms with Crippen molar-refractivity contribution in [1.29, 1.82) is 0 Å². The van der Waals surface area contributed by atoms with Gasteiger partial charge >= 0.3 is 5.97 Å². The van der Waals surface area contributed by atoms with Gasteiger partial charge in [0.2, 0.25) is 5.91 Å². The minimum atomic E-state index is -0.412. The molecule has 0 radical (unpaired) electrons. The molecule has 0 aromatic heterocycles. The summed E-state index contributed by atoms with van der Waals surface area (Å²) in [7, 11) is 1.45. The van der Waals surface area contributed by atoms with Crippen molar-refractivity contribution in [3.8, 4) is 5.75 Å². The number of esters is 1. The summed E-state index contributed by atoms with van der Waals surface area (Å²) in [6.07, 6.45) is 1.86. The smallest absolute Gasteiger partial charge is 0.308 e. The minimum absolute atomic E-state index is 0.00568. The van der Waals surface area contributed by atoms with Gasteiger partial charge in [0, 0.05) is 30.6 Å². The molecule has 2 aliphatic heterocycles. The summed E-state index contributed by atoms with van der Waals surface area (Å²) < 4.78 is 10.8. The molecule has 1 aliphatic carbocycles. The molecule has 7 nitrogen and oxygen atoms in total. The number of rotatable bonds is 4. The molecule has 5 rings (SSSR count). The second kappa shape index (κ2) is 9.58. The Bertz CT molecular complexity index is 1110. The summed E-state index contributed by atoms with van der Waals surface area (Å²) in [6, 6.07) is 13.6. The van der Waals surface area contributed by atoms with Gasteiger partial charge in [0.25, 0.3) is 0 Å². The van der Waals surface area contributed by atoms with Crippen LogP contribution in [0, 0.1) is 5.92 Å². The number of piperidine rings is 1. The van der Waals surface area contributed by atoms with E-state index in [-0.39, 0.29) is 30.0 Å². The molecule has 7 heteroatoms. The molecule has 1 amide bonds. The Morgan fingerprint density at radius 1 is 1.09 bits per heavy atom. The van der Waals surface area contributed by atoms with Gasteiger partial charge in [0.05, 0.1) is 25.5 Å². The van der Waals surface area contributed by atoms with E-state index >= 15 is 0 Å². The summed E-state index contributed by atoms with van der Waals surface area (Å²) in [5.41, 5.74) is 3.66. The summed E-state index contributed by atoms with van der Waals surface area (Å²) in [5, 5.41) is 0. The second-order valence-electron chi connectivity index (χ2n) is 9.39. The predicted molar refractivity (Wildman–Crippen MR) is 126 cm³/mol. The van der Waals surface area contributed by atoms with E-state index in [4.69, 9.17) is 9.47 Å². The zero-order valence-electron chi connectivity index (χ0n) is 19.5. The maximum atomic E-state index is 13.5. The maximum absolute atomic E-state index is 13.5. The Kier molecular flexibility index (Phi) is 6.37. The molecule has 3 aliphatic rings. The van der Waals surface area contributed by atoms with E-state index in [1.807, 2.05) is 35.2 Å². The Labute approximate surface area is 199 Å². The quantitative estimate of drug-likeness (QED) is 0.650. The Balaban J connectivity index is 1.27. The van der Waals surface area contributed by atoms with E-state index < -0.39 is 5.92 Å². The van der Waals surface area contributed by atoms with Gasteiger partial charge in [-0.25, -0.2) is 0 Å². The fourth-order valence-corrected chi connectivity index (χ4v) is 5.39. The number of hydrogen-bond donors (Lipinski definition) is 0. The van der Waals surface area contributed by atoms with Gasteiger partial charge in [0.1, 0.15) is 12.4 Å². The van der Waals surface area contributed by atoms with E-state index in [9.17, 15) is 14.4 Å². The Morgan fingerprint density at radius 3 is 2.68 bits per heavy atom. The van der Waals surface area contributed by atoms with Crippen LogP contribution in [0.2, 0.25) is 0 Å². The molecule has 1 atom stereocenters. The van der Waals surface area contributed by atoms with E-state index in [0.29, 0.717) is 25.3 Å². The lowest BCUT2D eigenvalue weighted by molar-refractivity contribution is -0.147. The van der Waals surface area contributed by atoms with Crippen LogP contribution in [0.3, 0.4) is 0 Å². The van der Waals surface area contributed by atoms with Crippen molar-refractivity contribution in [3.63, 3.8) is 0 Å². The number of Topliss-reactive ketones (excluding diaryl/α,β-unsaturated/α-hetero) is 1. The summed E-state index contributed by atoms with van der Waals surface area (Å²) in [4.78, 5) is 41.8. The van der Waals surface area contributed by atoms with Crippen molar-refractivity contribution in [2.45, 2.75) is 38.3 Å². The highest BCUT2D eigenvalue weighted by Crippen LogP contribution is 2.35. The lowest BCUT2D eigenvalue weighted by Gasteiger charge is -2.30. The first-order valence-corrected chi connectivity index (χ1v) is 12.0. The summed E-state index contributed by atoms with van der Waals surface area (Å²) in [6.45, 7) is 3.90. The second-order valence-corrected chi connectivity index (χ2v) is 9.39. The van der Waals surface area contributed by atoms with Crippen molar-refractivity contribution < 1.29 is 23.9 Å². The minimum Gasteiger partial charge on any atom is -0.491 e. The van der Waals surface area contributed by atoms with Crippen LogP contribution in [0.15, 0.2) is 42.5 Å². The Morgan fingerprint density at radius 2 is 1.88 bits per heavy atom. The standard InChI is InChI=1S/C27H30N2O5/c1-33-27(32)19-8-10-28(11-9-19)16-18-6-7-25-20(14-18)17-29(12-13-34-25)26(31)23-15-24(30)22-5-3-2-4-21(22)23/h2-7,14,19,23H,8-13,15-17H2,1H3. The normalized spacial score (nSPS) is 20.8.